The zero-order valence-corrected chi connectivity index (χ0v) is 9.21. The maximum absolute atomic E-state index is 11.7. The minimum Gasteiger partial charge on any atom is -0.314 e. The Morgan fingerprint density at radius 1 is 1.40 bits per heavy atom. The van der Waals surface area contributed by atoms with Crippen LogP contribution in [0.1, 0.15) is 38.5 Å². The number of piperidine rings is 1. The standard InChI is InChI=1S/C11H20N2O2/c14-11(13-8-3-9-15-13)6-5-10-4-1-2-7-12-10/h10,12H,1-9H2. The van der Waals surface area contributed by atoms with Crippen molar-refractivity contribution in [1.82, 2.24) is 10.4 Å². The second kappa shape index (κ2) is 5.47. The van der Waals surface area contributed by atoms with E-state index in [0.29, 0.717) is 19.1 Å². The highest BCUT2D eigenvalue weighted by molar-refractivity contribution is 5.75. The molecule has 0 aliphatic carbocycles. The predicted molar refractivity (Wildman–Crippen MR) is 57.2 cm³/mol. The van der Waals surface area contributed by atoms with Gasteiger partial charge in [0.2, 0.25) is 5.91 Å². The molecule has 1 N–H and O–H groups in total. The highest BCUT2D eigenvalue weighted by atomic mass is 16.7. The Hall–Kier alpha value is -0.610. The minimum atomic E-state index is 0.153. The average molecular weight is 212 g/mol. The molecular weight excluding hydrogens is 192 g/mol. The van der Waals surface area contributed by atoms with E-state index in [1.54, 1.807) is 0 Å². The summed E-state index contributed by atoms with van der Waals surface area (Å²) in [6.45, 7) is 2.59. The van der Waals surface area contributed by atoms with Gasteiger partial charge in [-0.25, -0.2) is 5.06 Å². The molecule has 2 rings (SSSR count). The van der Waals surface area contributed by atoms with Crippen molar-refractivity contribution < 1.29 is 9.63 Å². The van der Waals surface area contributed by atoms with Crippen molar-refractivity contribution in [2.75, 3.05) is 19.7 Å². The minimum absolute atomic E-state index is 0.153. The number of nitrogens with zero attached hydrogens (tertiary/aromatic N) is 1. The molecule has 0 radical (unpaired) electrons. The molecule has 0 spiro atoms. The monoisotopic (exact) mass is 212 g/mol. The maximum atomic E-state index is 11.7. The molecule has 2 saturated heterocycles. The molecule has 86 valence electrons. The molecule has 2 aliphatic heterocycles. The number of hydroxylamine groups is 2. The Morgan fingerprint density at radius 2 is 2.33 bits per heavy atom. The highest BCUT2D eigenvalue weighted by Crippen LogP contribution is 2.14. The summed E-state index contributed by atoms with van der Waals surface area (Å²) >= 11 is 0. The number of rotatable bonds is 3. The molecule has 2 heterocycles. The molecule has 4 heteroatoms. The van der Waals surface area contributed by atoms with Gasteiger partial charge in [0.15, 0.2) is 0 Å². The second-order valence-electron chi connectivity index (χ2n) is 4.37. The van der Waals surface area contributed by atoms with Gasteiger partial charge in [-0.15, -0.1) is 0 Å². The summed E-state index contributed by atoms with van der Waals surface area (Å²) in [6, 6.07) is 0.547. The summed E-state index contributed by atoms with van der Waals surface area (Å²) in [5.74, 6) is 0.153. The van der Waals surface area contributed by atoms with Gasteiger partial charge < -0.3 is 5.32 Å². The lowest BCUT2D eigenvalue weighted by atomic mass is 10.0. The fraction of sp³-hybridized carbons (Fsp3) is 0.909. The van der Waals surface area contributed by atoms with Gasteiger partial charge in [-0.2, -0.15) is 0 Å². The average Bonchev–Trinajstić information content (AvgIpc) is 2.81. The van der Waals surface area contributed by atoms with Crippen LogP contribution in [0, 0.1) is 0 Å². The molecular formula is C11H20N2O2. The third-order valence-electron chi connectivity index (χ3n) is 3.15. The summed E-state index contributed by atoms with van der Waals surface area (Å²) in [5.41, 5.74) is 0. The van der Waals surface area contributed by atoms with Crippen LogP contribution in [0.5, 0.6) is 0 Å². The van der Waals surface area contributed by atoms with Crippen LogP contribution in [0.15, 0.2) is 0 Å². The van der Waals surface area contributed by atoms with E-state index >= 15 is 0 Å². The fourth-order valence-electron chi connectivity index (χ4n) is 2.24. The van der Waals surface area contributed by atoms with Crippen LogP contribution in [-0.2, 0) is 9.63 Å². The van der Waals surface area contributed by atoms with Crippen LogP contribution < -0.4 is 5.32 Å². The second-order valence-corrected chi connectivity index (χ2v) is 4.37. The van der Waals surface area contributed by atoms with Crippen LogP contribution in [0.4, 0.5) is 0 Å². The quantitative estimate of drug-likeness (QED) is 0.761. The van der Waals surface area contributed by atoms with E-state index in [9.17, 15) is 4.79 Å². The molecule has 1 amide bonds. The predicted octanol–water partition coefficient (Wildman–Crippen LogP) is 1.07. The SMILES string of the molecule is O=C(CCC1CCCCN1)N1CCCO1. The Kier molecular flexibility index (Phi) is 3.97. The fourth-order valence-corrected chi connectivity index (χ4v) is 2.24. The highest BCUT2D eigenvalue weighted by Gasteiger charge is 2.20. The smallest absolute Gasteiger partial charge is 0.246 e. The van der Waals surface area contributed by atoms with Crippen LogP contribution in [0.3, 0.4) is 0 Å². The summed E-state index contributed by atoms with van der Waals surface area (Å²) < 4.78 is 0. The molecule has 4 nitrogen and oxygen atoms in total. The van der Waals surface area contributed by atoms with E-state index < -0.39 is 0 Å². The number of nitrogens with one attached hydrogen (secondary N) is 1. The molecule has 15 heavy (non-hydrogen) atoms. The first kappa shape index (κ1) is 10.9. The van der Waals surface area contributed by atoms with Crippen molar-refractivity contribution in [3.05, 3.63) is 0 Å². The van der Waals surface area contributed by atoms with E-state index in [2.05, 4.69) is 5.32 Å². The van der Waals surface area contributed by atoms with Crippen molar-refractivity contribution in [1.29, 1.82) is 0 Å². The summed E-state index contributed by atoms with van der Waals surface area (Å²) in [7, 11) is 0. The first-order valence-electron chi connectivity index (χ1n) is 6.03. The number of hydrogen-bond acceptors (Lipinski definition) is 3. The lowest BCUT2D eigenvalue weighted by molar-refractivity contribution is -0.168. The van der Waals surface area contributed by atoms with Gasteiger partial charge >= 0.3 is 0 Å². The normalized spacial score (nSPS) is 26.9. The van der Waals surface area contributed by atoms with Crippen LogP contribution in [0.25, 0.3) is 0 Å². The zero-order valence-electron chi connectivity index (χ0n) is 9.21. The Bertz CT molecular complexity index is 209. The first-order chi connectivity index (χ1) is 7.36. The van der Waals surface area contributed by atoms with E-state index in [1.807, 2.05) is 0 Å². The van der Waals surface area contributed by atoms with Crippen LogP contribution in [0.2, 0.25) is 0 Å². The molecule has 0 bridgehead atoms. The Balaban J connectivity index is 1.65. The van der Waals surface area contributed by atoms with Crippen molar-refractivity contribution in [3.8, 4) is 0 Å². The van der Waals surface area contributed by atoms with E-state index in [-0.39, 0.29) is 5.91 Å². The maximum Gasteiger partial charge on any atom is 0.246 e. The lowest BCUT2D eigenvalue weighted by Crippen LogP contribution is -2.35. The largest absolute Gasteiger partial charge is 0.314 e. The van der Waals surface area contributed by atoms with Crippen molar-refractivity contribution in [2.24, 2.45) is 0 Å². The van der Waals surface area contributed by atoms with Crippen molar-refractivity contribution >= 4 is 5.91 Å². The lowest BCUT2D eigenvalue weighted by Gasteiger charge is -2.23. The van der Waals surface area contributed by atoms with Gasteiger partial charge in [0.25, 0.3) is 0 Å². The summed E-state index contributed by atoms with van der Waals surface area (Å²) in [4.78, 5) is 16.9. The van der Waals surface area contributed by atoms with Crippen molar-refractivity contribution in [2.45, 2.75) is 44.6 Å². The molecule has 0 aromatic rings. The Morgan fingerprint density at radius 3 is 3.00 bits per heavy atom. The van der Waals surface area contributed by atoms with Gasteiger partial charge in [-0.05, 0) is 32.2 Å². The molecule has 2 aliphatic rings. The molecule has 1 atom stereocenters. The Labute approximate surface area is 90.9 Å². The third-order valence-corrected chi connectivity index (χ3v) is 3.15. The molecule has 0 aromatic carbocycles. The van der Waals surface area contributed by atoms with Gasteiger partial charge in [0, 0.05) is 12.5 Å². The number of carbonyl (C=O) groups excluding carboxylic acids is 1. The van der Waals surface area contributed by atoms with Gasteiger partial charge in [0.05, 0.1) is 13.2 Å². The van der Waals surface area contributed by atoms with Crippen LogP contribution >= 0.6 is 0 Å². The molecule has 1 unspecified atom stereocenters. The third kappa shape index (κ3) is 3.18. The summed E-state index contributed by atoms with van der Waals surface area (Å²) in [6.07, 6.45) is 6.35. The van der Waals surface area contributed by atoms with Gasteiger partial charge in [-0.3, -0.25) is 9.63 Å². The first-order valence-corrected chi connectivity index (χ1v) is 6.03. The molecule has 2 fully saturated rings. The topological polar surface area (TPSA) is 41.6 Å². The number of hydrogen-bond donors (Lipinski definition) is 1. The number of carbonyl (C=O) groups is 1. The van der Waals surface area contributed by atoms with E-state index in [1.165, 1.54) is 24.3 Å². The van der Waals surface area contributed by atoms with Crippen LogP contribution in [-0.4, -0.2) is 36.7 Å². The summed E-state index contributed by atoms with van der Waals surface area (Å²) in [5, 5.41) is 4.98. The van der Waals surface area contributed by atoms with Gasteiger partial charge in [-0.1, -0.05) is 6.42 Å². The number of amides is 1. The molecule has 0 saturated carbocycles. The van der Waals surface area contributed by atoms with E-state index in [0.717, 1.165) is 25.9 Å². The molecule has 0 aromatic heterocycles. The van der Waals surface area contributed by atoms with Gasteiger partial charge in [0.1, 0.15) is 0 Å². The van der Waals surface area contributed by atoms with Crippen molar-refractivity contribution in [3.63, 3.8) is 0 Å². The zero-order chi connectivity index (χ0) is 10.5. The van der Waals surface area contributed by atoms with E-state index in [4.69, 9.17) is 4.84 Å².